The average Bonchev–Trinajstić information content (AvgIpc) is 1.65. The lowest BCUT2D eigenvalue weighted by molar-refractivity contribution is 0.0238. The zero-order chi connectivity index (χ0) is 7.49. The summed E-state index contributed by atoms with van der Waals surface area (Å²) >= 11 is 0. The maximum atomic E-state index is 5.44. The summed E-state index contributed by atoms with van der Waals surface area (Å²) in [6.07, 6.45) is 0.178. The highest BCUT2D eigenvalue weighted by molar-refractivity contribution is 4.74. The monoisotopic (exact) mass is 131 g/mol. The van der Waals surface area contributed by atoms with Gasteiger partial charge in [0.2, 0.25) is 0 Å². The number of hydrogen-bond donors (Lipinski definition) is 1. The normalized spacial score (nSPS) is 15.7. The molecule has 2 heteroatoms. The second-order valence-corrected chi connectivity index (χ2v) is 3.33. The Labute approximate surface area is 57.4 Å². The van der Waals surface area contributed by atoms with Crippen LogP contribution in [-0.4, -0.2) is 19.8 Å². The Morgan fingerprint density at radius 2 is 1.89 bits per heavy atom. The Hall–Kier alpha value is -0.0800. The van der Waals surface area contributed by atoms with Crippen molar-refractivity contribution < 1.29 is 4.74 Å². The third kappa shape index (κ3) is 2.82. The second kappa shape index (κ2) is 3.18. The first-order valence-corrected chi connectivity index (χ1v) is 3.25. The standard InChI is InChI=1S/C7H17NO/c1-7(2,3)6(5-8)9-4/h6H,5,8H2,1-4H3/t6-/m1/s1. The average molecular weight is 131 g/mol. The zero-order valence-corrected chi connectivity index (χ0v) is 6.77. The van der Waals surface area contributed by atoms with Gasteiger partial charge in [-0.05, 0) is 5.41 Å². The van der Waals surface area contributed by atoms with Crippen molar-refractivity contribution in [3.63, 3.8) is 0 Å². The molecular formula is C7H17NO. The molecular weight excluding hydrogens is 114 g/mol. The summed E-state index contributed by atoms with van der Waals surface area (Å²) in [6.45, 7) is 6.95. The fourth-order valence-electron chi connectivity index (χ4n) is 0.803. The van der Waals surface area contributed by atoms with E-state index in [0.717, 1.165) is 0 Å². The molecule has 1 atom stereocenters. The van der Waals surface area contributed by atoms with Crippen LogP contribution in [0.15, 0.2) is 0 Å². The Kier molecular flexibility index (Phi) is 3.15. The van der Waals surface area contributed by atoms with Crippen molar-refractivity contribution in [1.29, 1.82) is 0 Å². The van der Waals surface area contributed by atoms with Crippen LogP contribution in [0, 0.1) is 5.41 Å². The molecule has 0 aromatic carbocycles. The molecule has 9 heavy (non-hydrogen) atoms. The summed E-state index contributed by atoms with van der Waals surface area (Å²) in [5, 5.41) is 0. The summed E-state index contributed by atoms with van der Waals surface area (Å²) in [5.74, 6) is 0. The smallest absolute Gasteiger partial charge is 0.0741 e. The third-order valence-electron chi connectivity index (χ3n) is 1.46. The molecule has 0 fully saturated rings. The van der Waals surface area contributed by atoms with E-state index < -0.39 is 0 Å². The van der Waals surface area contributed by atoms with Crippen LogP contribution in [0.5, 0.6) is 0 Å². The predicted molar refractivity (Wildman–Crippen MR) is 39.3 cm³/mol. The van der Waals surface area contributed by atoms with Gasteiger partial charge in [0.05, 0.1) is 6.10 Å². The Morgan fingerprint density at radius 3 is 1.89 bits per heavy atom. The molecule has 2 N–H and O–H groups in total. The number of ether oxygens (including phenoxy) is 1. The molecule has 0 amide bonds. The van der Waals surface area contributed by atoms with E-state index in [4.69, 9.17) is 10.5 Å². The third-order valence-corrected chi connectivity index (χ3v) is 1.46. The molecule has 0 aliphatic carbocycles. The van der Waals surface area contributed by atoms with Gasteiger partial charge in [-0.15, -0.1) is 0 Å². The van der Waals surface area contributed by atoms with Gasteiger partial charge in [0.15, 0.2) is 0 Å². The van der Waals surface area contributed by atoms with Crippen molar-refractivity contribution in [1.82, 2.24) is 0 Å². The van der Waals surface area contributed by atoms with E-state index in [1.807, 2.05) is 0 Å². The van der Waals surface area contributed by atoms with E-state index in [9.17, 15) is 0 Å². The van der Waals surface area contributed by atoms with Gasteiger partial charge in [-0.3, -0.25) is 0 Å². The van der Waals surface area contributed by atoms with Crippen LogP contribution in [0.25, 0.3) is 0 Å². The maximum Gasteiger partial charge on any atom is 0.0741 e. The Morgan fingerprint density at radius 1 is 1.44 bits per heavy atom. The van der Waals surface area contributed by atoms with Crippen molar-refractivity contribution in [2.24, 2.45) is 11.1 Å². The fraction of sp³-hybridized carbons (Fsp3) is 1.00. The molecule has 0 unspecified atom stereocenters. The van der Waals surface area contributed by atoms with Crippen LogP contribution in [0.2, 0.25) is 0 Å². The molecule has 0 heterocycles. The highest BCUT2D eigenvalue weighted by atomic mass is 16.5. The van der Waals surface area contributed by atoms with Gasteiger partial charge in [0.1, 0.15) is 0 Å². The molecule has 0 spiro atoms. The van der Waals surface area contributed by atoms with Gasteiger partial charge in [-0.2, -0.15) is 0 Å². The molecule has 0 bridgehead atoms. The lowest BCUT2D eigenvalue weighted by Gasteiger charge is -2.27. The van der Waals surface area contributed by atoms with E-state index in [-0.39, 0.29) is 11.5 Å². The summed E-state index contributed by atoms with van der Waals surface area (Å²) in [5.41, 5.74) is 5.61. The molecule has 0 aliphatic rings. The first-order chi connectivity index (χ1) is 4.02. The Balaban J connectivity index is 3.79. The molecule has 0 saturated heterocycles. The number of hydrogen-bond acceptors (Lipinski definition) is 2. The molecule has 0 rings (SSSR count). The molecule has 0 saturated carbocycles. The SMILES string of the molecule is CO[C@H](CN)C(C)(C)C. The van der Waals surface area contributed by atoms with Gasteiger partial charge in [0, 0.05) is 13.7 Å². The first-order valence-electron chi connectivity index (χ1n) is 3.25. The van der Waals surface area contributed by atoms with E-state index in [1.165, 1.54) is 0 Å². The van der Waals surface area contributed by atoms with Crippen LogP contribution >= 0.6 is 0 Å². The maximum absolute atomic E-state index is 5.44. The van der Waals surface area contributed by atoms with E-state index in [1.54, 1.807) is 7.11 Å². The molecule has 0 aromatic rings. The minimum atomic E-state index is 0.170. The molecule has 0 aromatic heterocycles. The van der Waals surface area contributed by atoms with Crippen molar-refractivity contribution >= 4 is 0 Å². The lowest BCUT2D eigenvalue weighted by Crippen LogP contribution is -2.35. The minimum absolute atomic E-state index is 0.170. The topological polar surface area (TPSA) is 35.2 Å². The fourth-order valence-corrected chi connectivity index (χ4v) is 0.803. The zero-order valence-electron chi connectivity index (χ0n) is 6.77. The quantitative estimate of drug-likeness (QED) is 0.607. The van der Waals surface area contributed by atoms with Gasteiger partial charge in [0.25, 0.3) is 0 Å². The van der Waals surface area contributed by atoms with Crippen molar-refractivity contribution in [2.45, 2.75) is 26.9 Å². The van der Waals surface area contributed by atoms with Crippen LogP contribution in [-0.2, 0) is 4.74 Å². The van der Waals surface area contributed by atoms with Crippen molar-refractivity contribution in [2.75, 3.05) is 13.7 Å². The molecule has 56 valence electrons. The van der Waals surface area contributed by atoms with Crippen LogP contribution in [0.1, 0.15) is 20.8 Å². The highest BCUT2D eigenvalue weighted by Crippen LogP contribution is 2.20. The second-order valence-electron chi connectivity index (χ2n) is 3.33. The van der Waals surface area contributed by atoms with Crippen molar-refractivity contribution in [3.8, 4) is 0 Å². The highest BCUT2D eigenvalue weighted by Gasteiger charge is 2.22. The van der Waals surface area contributed by atoms with Gasteiger partial charge >= 0.3 is 0 Å². The first kappa shape index (κ1) is 8.92. The molecule has 2 nitrogen and oxygen atoms in total. The minimum Gasteiger partial charge on any atom is -0.380 e. The largest absolute Gasteiger partial charge is 0.380 e. The summed E-state index contributed by atoms with van der Waals surface area (Å²) in [6, 6.07) is 0. The van der Waals surface area contributed by atoms with E-state index in [2.05, 4.69) is 20.8 Å². The molecule has 0 radical (unpaired) electrons. The number of rotatable bonds is 2. The Bertz CT molecular complexity index is 71.5. The van der Waals surface area contributed by atoms with Gasteiger partial charge in [-0.25, -0.2) is 0 Å². The molecule has 0 aliphatic heterocycles. The van der Waals surface area contributed by atoms with E-state index in [0.29, 0.717) is 6.54 Å². The summed E-state index contributed by atoms with van der Waals surface area (Å²) in [4.78, 5) is 0. The summed E-state index contributed by atoms with van der Waals surface area (Å²) in [7, 11) is 1.70. The van der Waals surface area contributed by atoms with E-state index >= 15 is 0 Å². The van der Waals surface area contributed by atoms with Gasteiger partial charge < -0.3 is 10.5 Å². The van der Waals surface area contributed by atoms with Gasteiger partial charge in [-0.1, -0.05) is 20.8 Å². The van der Waals surface area contributed by atoms with Crippen LogP contribution in [0.3, 0.4) is 0 Å². The number of methoxy groups -OCH3 is 1. The van der Waals surface area contributed by atoms with Crippen molar-refractivity contribution in [3.05, 3.63) is 0 Å². The van der Waals surface area contributed by atoms with Crippen LogP contribution < -0.4 is 5.73 Å². The summed E-state index contributed by atoms with van der Waals surface area (Å²) < 4.78 is 5.14. The van der Waals surface area contributed by atoms with Crippen LogP contribution in [0.4, 0.5) is 0 Å². The number of nitrogens with two attached hydrogens (primary N) is 1. The predicted octanol–water partition coefficient (Wildman–Crippen LogP) is 1.01. The lowest BCUT2D eigenvalue weighted by atomic mass is 9.89.